The average molecular weight is 211 g/mol. The van der Waals surface area contributed by atoms with Crippen molar-refractivity contribution in [3.05, 3.63) is 24.2 Å². The van der Waals surface area contributed by atoms with Crippen molar-refractivity contribution in [1.29, 1.82) is 0 Å². The minimum atomic E-state index is -0.375. The quantitative estimate of drug-likeness (QED) is 0.802. The molecule has 15 heavy (non-hydrogen) atoms. The Labute approximate surface area is 89.4 Å². The second kappa shape index (κ2) is 4.79. The molecule has 0 saturated carbocycles. The third-order valence-corrected chi connectivity index (χ3v) is 2.84. The first-order chi connectivity index (χ1) is 7.31. The molecule has 4 nitrogen and oxygen atoms in total. The molecule has 1 aromatic heterocycles. The predicted octanol–water partition coefficient (Wildman–Crippen LogP) is 0.861. The van der Waals surface area contributed by atoms with E-state index in [1.165, 1.54) is 0 Å². The number of hydrogen-bond donors (Lipinski definition) is 1. The van der Waals surface area contributed by atoms with Gasteiger partial charge in [-0.05, 0) is 18.7 Å². The second-order valence-electron chi connectivity index (χ2n) is 3.81. The van der Waals surface area contributed by atoms with Gasteiger partial charge < -0.3 is 14.3 Å². The van der Waals surface area contributed by atoms with Gasteiger partial charge in [0, 0.05) is 0 Å². The number of aliphatic hydroxyl groups excluding tert-OH is 1. The number of ether oxygens (including phenoxy) is 1. The summed E-state index contributed by atoms with van der Waals surface area (Å²) in [7, 11) is 0. The average Bonchev–Trinajstić information content (AvgIpc) is 2.85. The van der Waals surface area contributed by atoms with Gasteiger partial charge >= 0.3 is 0 Å². The molecule has 1 aliphatic heterocycles. The van der Waals surface area contributed by atoms with Crippen LogP contribution in [0.3, 0.4) is 0 Å². The number of likely N-dealkylation sites (N-methyl/N-ethyl adjacent to an activating group) is 1. The Morgan fingerprint density at radius 2 is 2.40 bits per heavy atom. The van der Waals surface area contributed by atoms with Gasteiger partial charge in [0.05, 0.1) is 38.2 Å². The zero-order valence-electron chi connectivity index (χ0n) is 8.93. The highest BCUT2D eigenvalue weighted by molar-refractivity contribution is 4.99. The summed E-state index contributed by atoms with van der Waals surface area (Å²) >= 11 is 0. The fourth-order valence-electron chi connectivity index (χ4n) is 1.95. The standard InChI is InChI=1S/C11H17NO3/c1-2-12(6-9-4-3-5-15-9)10-7-14-8-11(10)13/h3-5,10-11,13H,2,6-8H2,1H3/t10-,11-/m1/s1. The van der Waals surface area contributed by atoms with Crippen molar-refractivity contribution in [2.45, 2.75) is 25.6 Å². The minimum Gasteiger partial charge on any atom is -0.468 e. The molecule has 2 rings (SSSR count). The van der Waals surface area contributed by atoms with E-state index in [2.05, 4.69) is 11.8 Å². The van der Waals surface area contributed by atoms with E-state index in [9.17, 15) is 5.11 Å². The maximum atomic E-state index is 9.72. The van der Waals surface area contributed by atoms with Crippen LogP contribution >= 0.6 is 0 Å². The molecule has 1 saturated heterocycles. The molecule has 0 aliphatic carbocycles. The van der Waals surface area contributed by atoms with Crippen molar-refractivity contribution in [2.24, 2.45) is 0 Å². The fourth-order valence-corrected chi connectivity index (χ4v) is 1.95. The molecule has 1 fully saturated rings. The number of nitrogens with zero attached hydrogens (tertiary/aromatic N) is 1. The molecule has 0 unspecified atom stereocenters. The molecule has 1 aliphatic rings. The van der Waals surface area contributed by atoms with Gasteiger partial charge in [-0.3, -0.25) is 4.90 Å². The monoisotopic (exact) mass is 211 g/mol. The molecule has 0 bridgehead atoms. The van der Waals surface area contributed by atoms with Crippen LogP contribution in [-0.2, 0) is 11.3 Å². The highest BCUT2D eigenvalue weighted by Crippen LogP contribution is 2.16. The largest absolute Gasteiger partial charge is 0.468 e. The summed E-state index contributed by atoms with van der Waals surface area (Å²) in [5, 5.41) is 9.72. The van der Waals surface area contributed by atoms with E-state index in [0.29, 0.717) is 13.2 Å². The van der Waals surface area contributed by atoms with Crippen LogP contribution in [0.4, 0.5) is 0 Å². The lowest BCUT2D eigenvalue weighted by Gasteiger charge is -2.27. The predicted molar refractivity (Wildman–Crippen MR) is 55.4 cm³/mol. The Kier molecular flexibility index (Phi) is 3.41. The highest BCUT2D eigenvalue weighted by Gasteiger charge is 2.31. The Hall–Kier alpha value is -0.840. The third kappa shape index (κ3) is 2.40. The van der Waals surface area contributed by atoms with Crippen molar-refractivity contribution in [3.63, 3.8) is 0 Å². The molecule has 0 amide bonds. The van der Waals surface area contributed by atoms with Crippen LogP contribution in [-0.4, -0.2) is 41.9 Å². The zero-order chi connectivity index (χ0) is 10.7. The second-order valence-corrected chi connectivity index (χ2v) is 3.81. The highest BCUT2D eigenvalue weighted by atomic mass is 16.5. The van der Waals surface area contributed by atoms with Crippen LogP contribution in [0.25, 0.3) is 0 Å². The van der Waals surface area contributed by atoms with Crippen molar-refractivity contribution >= 4 is 0 Å². The van der Waals surface area contributed by atoms with Gasteiger partial charge in [-0.25, -0.2) is 0 Å². The topological polar surface area (TPSA) is 45.8 Å². The van der Waals surface area contributed by atoms with Gasteiger partial charge in [0.15, 0.2) is 0 Å². The molecule has 4 heteroatoms. The first-order valence-electron chi connectivity index (χ1n) is 5.33. The Bertz CT molecular complexity index is 286. The summed E-state index contributed by atoms with van der Waals surface area (Å²) < 4.78 is 10.5. The van der Waals surface area contributed by atoms with E-state index < -0.39 is 0 Å². The Balaban J connectivity index is 1.97. The lowest BCUT2D eigenvalue weighted by molar-refractivity contribution is 0.0768. The molecular weight excluding hydrogens is 194 g/mol. The fraction of sp³-hybridized carbons (Fsp3) is 0.636. The molecule has 0 spiro atoms. The lowest BCUT2D eigenvalue weighted by Crippen LogP contribution is -2.42. The van der Waals surface area contributed by atoms with E-state index in [1.54, 1.807) is 6.26 Å². The van der Waals surface area contributed by atoms with Crippen LogP contribution in [0.2, 0.25) is 0 Å². The molecule has 84 valence electrons. The van der Waals surface area contributed by atoms with E-state index in [-0.39, 0.29) is 12.1 Å². The molecule has 1 N–H and O–H groups in total. The van der Waals surface area contributed by atoms with Gasteiger partial charge in [0.2, 0.25) is 0 Å². The maximum absolute atomic E-state index is 9.72. The van der Waals surface area contributed by atoms with Crippen LogP contribution < -0.4 is 0 Å². The molecule has 0 aromatic carbocycles. The van der Waals surface area contributed by atoms with E-state index in [0.717, 1.165) is 18.8 Å². The molecule has 2 atom stereocenters. The summed E-state index contributed by atoms with van der Waals surface area (Å²) in [5.41, 5.74) is 0. The van der Waals surface area contributed by atoms with Crippen molar-refractivity contribution in [2.75, 3.05) is 19.8 Å². The van der Waals surface area contributed by atoms with Crippen molar-refractivity contribution in [1.82, 2.24) is 4.90 Å². The van der Waals surface area contributed by atoms with Gasteiger partial charge in [-0.15, -0.1) is 0 Å². The van der Waals surface area contributed by atoms with Crippen LogP contribution in [0.1, 0.15) is 12.7 Å². The summed E-state index contributed by atoms with van der Waals surface area (Å²) in [6.07, 6.45) is 1.30. The maximum Gasteiger partial charge on any atom is 0.117 e. The minimum absolute atomic E-state index is 0.0973. The van der Waals surface area contributed by atoms with Crippen molar-refractivity contribution < 1.29 is 14.3 Å². The smallest absolute Gasteiger partial charge is 0.117 e. The summed E-state index contributed by atoms with van der Waals surface area (Å²) in [6.45, 7) is 4.74. The van der Waals surface area contributed by atoms with Crippen LogP contribution in [0, 0.1) is 0 Å². The van der Waals surface area contributed by atoms with E-state index >= 15 is 0 Å². The van der Waals surface area contributed by atoms with Gasteiger partial charge in [0.1, 0.15) is 5.76 Å². The lowest BCUT2D eigenvalue weighted by atomic mass is 10.2. The third-order valence-electron chi connectivity index (χ3n) is 2.84. The SMILES string of the molecule is CCN(Cc1ccco1)[C@@H]1COC[C@H]1O. The van der Waals surface area contributed by atoms with Gasteiger partial charge in [-0.2, -0.15) is 0 Å². The number of furan rings is 1. The van der Waals surface area contributed by atoms with Crippen LogP contribution in [0.15, 0.2) is 22.8 Å². The summed E-state index contributed by atoms with van der Waals surface area (Å²) in [5.74, 6) is 0.927. The first kappa shape index (κ1) is 10.7. The Morgan fingerprint density at radius 1 is 1.53 bits per heavy atom. The summed E-state index contributed by atoms with van der Waals surface area (Å²) in [4.78, 5) is 2.18. The molecule has 0 radical (unpaired) electrons. The van der Waals surface area contributed by atoms with E-state index in [4.69, 9.17) is 9.15 Å². The van der Waals surface area contributed by atoms with E-state index in [1.807, 2.05) is 12.1 Å². The number of rotatable bonds is 4. The molecule has 1 aromatic rings. The molecular formula is C11H17NO3. The van der Waals surface area contributed by atoms with Crippen molar-refractivity contribution in [3.8, 4) is 0 Å². The first-order valence-corrected chi connectivity index (χ1v) is 5.33. The number of aliphatic hydroxyl groups is 1. The zero-order valence-corrected chi connectivity index (χ0v) is 8.93. The van der Waals surface area contributed by atoms with Crippen LogP contribution in [0.5, 0.6) is 0 Å². The normalized spacial score (nSPS) is 26.3. The summed E-state index contributed by atoms with van der Waals surface area (Å²) in [6, 6.07) is 3.93. The number of hydrogen-bond acceptors (Lipinski definition) is 4. The van der Waals surface area contributed by atoms with Gasteiger partial charge in [-0.1, -0.05) is 6.92 Å². The molecule has 2 heterocycles. The Morgan fingerprint density at radius 3 is 2.93 bits per heavy atom. The van der Waals surface area contributed by atoms with Gasteiger partial charge in [0.25, 0.3) is 0 Å².